The van der Waals surface area contributed by atoms with Gasteiger partial charge in [0.25, 0.3) is 0 Å². The molecule has 5 heteroatoms. The number of halogens is 1. The van der Waals surface area contributed by atoms with Gasteiger partial charge in [0.15, 0.2) is 5.82 Å². The molecule has 4 nitrogen and oxygen atoms in total. The largest absolute Gasteiger partial charge is 0.234 e. The number of pyridine rings is 1. The van der Waals surface area contributed by atoms with Crippen LogP contribution < -0.4 is 0 Å². The standard InChI is InChI=1S/C11H13ClN4/c1-2-3-10-4-9(6-12)5-11(15-10)16-8-13-7-14-16/h4-5,7-8H,2-3,6H2,1H3. The first kappa shape index (κ1) is 11.1. The van der Waals surface area contributed by atoms with Gasteiger partial charge in [-0.25, -0.2) is 14.6 Å². The summed E-state index contributed by atoms with van der Waals surface area (Å²) in [6.07, 6.45) is 5.15. The van der Waals surface area contributed by atoms with Crippen molar-refractivity contribution in [1.82, 2.24) is 19.7 Å². The van der Waals surface area contributed by atoms with Crippen LogP contribution in [0.3, 0.4) is 0 Å². The fraction of sp³-hybridized carbons (Fsp3) is 0.364. The fourth-order valence-corrected chi connectivity index (χ4v) is 1.69. The number of nitrogens with zero attached hydrogens (tertiary/aromatic N) is 4. The van der Waals surface area contributed by atoms with Crippen molar-refractivity contribution in [3.63, 3.8) is 0 Å². The van der Waals surface area contributed by atoms with Crippen LogP contribution in [0.4, 0.5) is 0 Å². The summed E-state index contributed by atoms with van der Waals surface area (Å²) in [7, 11) is 0. The lowest BCUT2D eigenvalue weighted by molar-refractivity contribution is 0.809. The molecule has 0 aliphatic heterocycles. The van der Waals surface area contributed by atoms with Gasteiger partial charge >= 0.3 is 0 Å². The molecule has 0 radical (unpaired) electrons. The van der Waals surface area contributed by atoms with E-state index in [0.717, 1.165) is 29.9 Å². The lowest BCUT2D eigenvalue weighted by atomic mass is 10.2. The Morgan fingerprint density at radius 2 is 2.25 bits per heavy atom. The summed E-state index contributed by atoms with van der Waals surface area (Å²) >= 11 is 5.86. The first-order chi connectivity index (χ1) is 7.83. The van der Waals surface area contributed by atoms with Crippen LogP contribution in [0.1, 0.15) is 24.6 Å². The number of rotatable bonds is 4. The number of alkyl halides is 1. The highest BCUT2D eigenvalue weighted by atomic mass is 35.5. The van der Waals surface area contributed by atoms with Gasteiger partial charge < -0.3 is 0 Å². The quantitative estimate of drug-likeness (QED) is 0.766. The maximum atomic E-state index is 5.86. The molecule has 0 aliphatic rings. The van der Waals surface area contributed by atoms with Crippen molar-refractivity contribution in [2.45, 2.75) is 25.6 Å². The monoisotopic (exact) mass is 236 g/mol. The number of aromatic nitrogens is 4. The van der Waals surface area contributed by atoms with E-state index in [1.54, 1.807) is 11.0 Å². The molecule has 84 valence electrons. The predicted molar refractivity (Wildman–Crippen MR) is 62.7 cm³/mol. The van der Waals surface area contributed by atoms with Crippen LogP contribution in [-0.4, -0.2) is 19.7 Å². The Labute approximate surface area is 99.3 Å². The number of aryl methyl sites for hydroxylation is 1. The number of hydrogen-bond donors (Lipinski definition) is 0. The maximum Gasteiger partial charge on any atom is 0.155 e. The molecule has 0 N–H and O–H groups in total. The van der Waals surface area contributed by atoms with Crippen molar-refractivity contribution in [3.8, 4) is 5.82 Å². The second-order valence-corrected chi connectivity index (χ2v) is 3.82. The SMILES string of the molecule is CCCc1cc(CCl)cc(-n2cncn2)n1. The molecule has 0 saturated heterocycles. The van der Waals surface area contributed by atoms with Crippen molar-refractivity contribution in [3.05, 3.63) is 36.0 Å². The van der Waals surface area contributed by atoms with E-state index in [-0.39, 0.29) is 0 Å². The lowest BCUT2D eigenvalue weighted by Crippen LogP contribution is -2.02. The molecule has 0 atom stereocenters. The highest BCUT2D eigenvalue weighted by Crippen LogP contribution is 2.12. The molecule has 2 aromatic heterocycles. The molecule has 0 aliphatic carbocycles. The van der Waals surface area contributed by atoms with Gasteiger partial charge in [0.2, 0.25) is 0 Å². The van der Waals surface area contributed by atoms with E-state index in [4.69, 9.17) is 11.6 Å². The maximum absolute atomic E-state index is 5.86. The minimum atomic E-state index is 0.487. The third kappa shape index (κ3) is 2.39. The van der Waals surface area contributed by atoms with Crippen molar-refractivity contribution in [2.75, 3.05) is 0 Å². The Morgan fingerprint density at radius 1 is 1.38 bits per heavy atom. The summed E-state index contributed by atoms with van der Waals surface area (Å²) in [6, 6.07) is 3.97. The predicted octanol–water partition coefficient (Wildman–Crippen LogP) is 2.35. The van der Waals surface area contributed by atoms with Crippen molar-refractivity contribution in [2.24, 2.45) is 0 Å². The smallest absolute Gasteiger partial charge is 0.155 e. The fourth-order valence-electron chi connectivity index (χ4n) is 1.54. The van der Waals surface area contributed by atoms with Crippen LogP contribution in [0.25, 0.3) is 5.82 Å². The summed E-state index contributed by atoms with van der Waals surface area (Å²) in [5.41, 5.74) is 2.11. The zero-order chi connectivity index (χ0) is 11.4. The first-order valence-electron chi connectivity index (χ1n) is 5.24. The Balaban J connectivity index is 2.41. The van der Waals surface area contributed by atoms with E-state index in [2.05, 4.69) is 22.0 Å². The molecule has 2 aromatic rings. The third-order valence-corrected chi connectivity index (χ3v) is 2.55. The van der Waals surface area contributed by atoms with Crippen LogP contribution in [0, 0.1) is 0 Å². The van der Waals surface area contributed by atoms with E-state index >= 15 is 0 Å². The molecule has 2 rings (SSSR count). The Morgan fingerprint density at radius 3 is 2.88 bits per heavy atom. The lowest BCUT2D eigenvalue weighted by Gasteiger charge is -2.06. The topological polar surface area (TPSA) is 43.6 Å². The van der Waals surface area contributed by atoms with Crippen LogP contribution in [0.15, 0.2) is 24.8 Å². The van der Waals surface area contributed by atoms with Gasteiger partial charge in [0.05, 0.1) is 0 Å². The normalized spacial score (nSPS) is 10.6. The van der Waals surface area contributed by atoms with Crippen molar-refractivity contribution < 1.29 is 0 Å². The van der Waals surface area contributed by atoms with E-state index in [0.29, 0.717) is 5.88 Å². The zero-order valence-electron chi connectivity index (χ0n) is 9.10. The Kier molecular flexibility index (Phi) is 3.51. The minimum absolute atomic E-state index is 0.487. The molecule has 0 unspecified atom stereocenters. The van der Waals surface area contributed by atoms with Crippen molar-refractivity contribution in [1.29, 1.82) is 0 Å². The van der Waals surface area contributed by atoms with Crippen molar-refractivity contribution >= 4 is 11.6 Å². The van der Waals surface area contributed by atoms with Gasteiger partial charge in [0.1, 0.15) is 12.7 Å². The highest BCUT2D eigenvalue weighted by molar-refractivity contribution is 6.17. The molecule has 0 amide bonds. The van der Waals surface area contributed by atoms with E-state index in [1.807, 2.05) is 12.1 Å². The molecular weight excluding hydrogens is 224 g/mol. The zero-order valence-corrected chi connectivity index (χ0v) is 9.85. The van der Waals surface area contributed by atoms with E-state index in [1.165, 1.54) is 6.33 Å². The van der Waals surface area contributed by atoms with Gasteiger partial charge in [-0.2, -0.15) is 5.10 Å². The summed E-state index contributed by atoms with van der Waals surface area (Å²) in [5, 5.41) is 4.06. The van der Waals surface area contributed by atoms with E-state index in [9.17, 15) is 0 Å². The molecule has 0 bridgehead atoms. The van der Waals surface area contributed by atoms with Gasteiger partial charge in [-0.1, -0.05) is 13.3 Å². The molecule has 0 spiro atoms. The summed E-state index contributed by atoms with van der Waals surface area (Å²) in [5.74, 6) is 1.26. The van der Waals surface area contributed by atoms with Gasteiger partial charge in [0, 0.05) is 11.6 Å². The van der Waals surface area contributed by atoms with Gasteiger partial charge in [-0.15, -0.1) is 11.6 Å². The van der Waals surface area contributed by atoms with Gasteiger partial charge in [-0.05, 0) is 24.1 Å². The summed E-state index contributed by atoms with van der Waals surface area (Å²) in [6.45, 7) is 2.13. The summed E-state index contributed by atoms with van der Waals surface area (Å²) < 4.78 is 1.65. The van der Waals surface area contributed by atoms with E-state index < -0.39 is 0 Å². The van der Waals surface area contributed by atoms with Crippen LogP contribution in [0.5, 0.6) is 0 Å². The Bertz CT molecular complexity index is 453. The molecule has 0 saturated carbocycles. The highest BCUT2D eigenvalue weighted by Gasteiger charge is 2.04. The van der Waals surface area contributed by atoms with Gasteiger partial charge in [-0.3, -0.25) is 0 Å². The minimum Gasteiger partial charge on any atom is -0.234 e. The first-order valence-corrected chi connectivity index (χ1v) is 5.77. The second-order valence-electron chi connectivity index (χ2n) is 3.55. The molecular formula is C11H13ClN4. The van der Waals surface area contributed by atoms with Crippen LogP contribution in [-0.2, 0) is 12.3 Å². The average Bonchev–Trinajstić information content (AvgIpc) is 2.82. The van der Waals surface area contributed by atoms with Crippen LogP contribution in [0.2, 0.25) is 0 Å². The Hall–Kier alpha value is -1.42. The third-order valence-electron chi connectivity index (χ3n) is 2.24. The number of hydrogen-bond acceptors (Lipinski definition) is 3. The summed E-state index contributed by atoms with van der Waals surface area (Å²) in [4.78, 5) is 8.42. The second kappa shape index (κ2) is 5.07. The molecule has 0 fully saturated rings. The molecule has 16 heavy (non-hydrogen) atoms. The molecule has 2 heterocycles. The average molecular weight is 237 g/mol. The van der Waals surface area contributed by atoms with Crippen LogP contribution >= 0.6 is 11.6 Å². The molecule has 0 aromatic carbocycles.